The minimum absolute atomic E-state index is 0.0423. The molecule has 1 aromatic heterocycles. The molecule has 3 N–H and O–H groups in total. The van der Waals surface area contributed by atoms with Gasteiger partial charge in [0.25, 0.3) is 0 Å². The molecule has 0 saturated carbocycles. The van der Waals surface area contributed by atoms with E-state index < -0.39 is 0 Å². The van der Waals surface area contributed by atoms with Crippen molar-refractivity contribution >= 4 is 16.8 Å². The van der Waals surface area contributed by atoms with Crippen LogP contribution in [-0.2, 0) is 11.2 Å². The lowest BCUT2D eigenvalue weighted by Gasteiger charge is -2.18. The van der Waals surface area contributed by atoms with Gasteiger partial charge in [0.2, 0.25) is 5.91 Å². The monoisotopic (exact) mass is 285 g/mol. The van der Waals surface area contributed by atoms with Crippen LogP contribution in [0.1, 0.15) is 19.4 Å². The summed E-state index contributed by atoms with van der Waals surface area (Å²) in [5.74, 6) is 0.186. The van der Waals surface area contributed by atoms with Crippen molar-refractivity contribution in [2.75, 3.05) is 13.1 Å². The Kier molecular flexibility index (Phi) is 5.28. The van der Waals surface area contributed by atoms with Gasteiger partial charge in [0.05, 0.1) is 11.4 Å². The SMILES string of the molecule is CC(C)C(CN)C(=O)NCCc1cccc2cccnc12. The largest absolute Gasteiger partial charge is 0.355 e. The second kappa shape index (κ2) is 7.18. The van der Waals surface area contributed by atoms with E-state index in [-0.39, 0.29) is 17.7 Å². The average Bonchev–Trinajstić information content (AvgIpc) is 2.48. The van der Waals surface area contributed by atoms with Crippen LogP contribution < -0.4 is 11.1 Å². The van der Waals surface area contributed by atoms with Gasteiger partial charge in [-0.2, -0.15) is 0 Å². The van der Waals surface area contributed by atoms with E-state index in [2.05, 4.69) is 16.4 Å². The molecule has 2 rings (SSSR count). The number of para-hydroxylation sites is 1. The fraction of sp³-hybridized carbons (Fsp3) is 0.412. The molecule has 0 aliphatic heterocycles. The summed E-state index contributed by atoms with van der Waals surface area (Å²) < 4.78 is 0. The third-order valence-electron chi connectivity index (χ3n) is 3.81. The van der Waals surface area contributed by atoms with Crippen molar-refractivity contribution in [3.05, 3.63) is 42.1 Å². The summed E-state index contributed by atoms with van der Waals surface area (Å²) in [6.45, 7) is 5.04. The Morgan fingerprint density at radius 1 is 1.29 bits per heavy atom. The molecule has 0 aliphatic rings. The summed E-state index contributed by atoms with van der Waals surface area (Å²) in [6, 6.07) is 10.1. The maximum atomic E-state index is 12.1. The first-order valence-corrected chi connectivity index (χ1v) is 7.44. The zero-order valence-corrected chi connectivity index (χ0v) is 12.7. The van der Waals surface area contributed by atoms with Gasteiger partial charge in [0.1, 0.15) is 0 Å². The highest BCUT2D eigenvalue weighted by molar-refractivity contribution is 5.82. The number of fused-ring (bicyclic) bond motifs is 1. The third-order valence-corrected chi connectivity index (χ3v) is 3.81. The summed E-state index contributed by atoms with van der Waals surface area (Å²) in [5.41, 5.74) is 7.82. The van der Waals surface area contributed by atoms with Crippen molar-refractivity contribution < 1.29 is 4.79 Å². The smallest absolute Gasteiger partial charge is 0.224 e. The van der Waals surface area contributed by atoms with Gasteiger partial charge in [0, 0.05) is 24.7 Å². The van der Waals surface area contributed by atoms with Crippen molar-refractivity contribution in [3.63, 3.8) is 0 Å². The molecule has 0 spiro atoms. The van der Waals surface area contributed by atoms with Crippen molar-refractivity contribution in [2.24, 2.45) is 17.6 Å². The Hall–Kier alpha value is -1.94. The number of nitrogens with two attached hydrogens (primary N) is 1. The van der Waals surface area contributed by atoms with Gasteiger partial charge in [-0.3, -0.25) is 9.78 Å². The van der Waals surface area contributed by atoms with Crippen LogP contribution in [0, 0.1) is 11.8 Å². The summed E-state index contributed by atoms with van der Waals surface area (Å²) in [6.07, 6.45) is 2.57. The predicted molar refractivity (Wildman–Crippen MR) is 85.8 cm³/mol. The van der Waals surface area contributed by atoms with Crippen LogP contribution in [0.2, 0.25) is 0 Å². The molecule has 0 fully saturated rings. The van der Waals surface area contributed by atoms with E-state index in [9.17, 15) is 4.79 Å². The van der Waals surface area contributed by atoms with E-state index in [1.807, 2.05) is 38.1 Å². The lowest BCUT2D eigenvalue weighted by Crippen LogP contribution is -2.38. The van der Waals surface area contributed by atoms with Crippen LogP contribution in [-0.4, -0.2) is 24.0 Å². The zero-order chi connectivity index (χ0) is 15.2. The zero-order valence-electron chi connectivity index (χ0n) is 12.7. The first kappa shape index (κ1) is 15.4. The maximum absolute atomic E-state index is 12.1. The van der Waals surface area contributed by atoms with Gasteiger partial charge >= 0.3 is 0 Å². The van der Waals surface area contributed by atoms with Crippen LogP contribution in [0.15, 0.2) is 36.5 Å². The molecule has 1 amide bonds. The number of benzene rings is 1. The minimum Gasteiger partial charge on any atom is -0.355 e. The summed E-state index contributed by atoms with van der Waals surface area (Å²) >= 11 is 0. The van der Waals surface area contributed by atoms with E-state index in [0.29, 0.717) is 13.1 Å². The van der Waals surface area contributed by atoms with Gasteiger partial charge in [-0.05, 0) is 24.0 Å². The van der Waals surface area contributed by atoms with Gasteiger partial charge in [-0.25, -0.2) is 0 Å². The number of carbonyl (C=O) groups is 1. The van der Waals surface area contributed by atoms with Crippen LogP contribution in [0.3, 0.4) is 0 Å². The Morgan fingerprint density at radius 2 is 2.05 bits per heavy atom. The predicted octanol–water partition coefficient (Wildman–Crippen LogP) is 2.12. The van der Waals surface area contributed by atoms with E-state index >= 15 is 0 Å². The average molecular weight is 285 g/mol. The van der Waals surface area contributed by atoms with Gasteiger partial charge < -0.3 is 11.1 Å². The van der Waals surface area contributed by atoms with Gasteiger partial charge in [0.15, 0.2) is 0 Å². The van der Waals surface area contributed by atoms with Crippen molar-refractivity contribution in [3.8, 4) is 0 Å². The van der Waals surface area contributed by atoms with Crippen LogP contribution >= 0.6 is 0 Å². The first-order chi connectivity index (χ1) is 10.1. The van der Waals surface area contributed by atoms with E-state index in [0.717, 1.165) is 22.9 Å². The number of aromatic nitrogens is 1. The molecular weight excluding hydrogens is 262 g/mol. The standard InChI is InChI=1S/C17H23N3O/c1-12(2)15(11-18)17(21)20-10-8-14-6-3-5-13-7-4-9-19-16(13)14/h3-7,9,12,15H,8,10-11,18H2,1-2H3,(H,20,21). The molecule has 0 saturated heterocycles. The summed E-state index contributed by atoms with van der Waals surface area (Å²) in [5, 5.41) is 4.11. The van der Waals surface area contributed by atoms with E-state index in [4.69, 9.17) is 5.73 Å². The number of nitrogens with zero attached hydrogens (tertiary/aromatic N) is 1. The topological polar surface area (TPSA) is 68.0 Å². The summed E-state index contributed by atoms with van der Waals surface area (Å²) in [4.78, 5) is 16.5. The Morgan fingerprint density at radius 3 is 2.76 bits per heavy atom. The number of hydrogen-bond acceptors (Lipinski definition) is 3. The lowest BCUT2D eigenvalue weighted by atomic mass is 9.95. The molecular formula is C17H23N3O. The minimum atomic E-state index is -0.115. The molecule has 1 aromatic carbocycles. The highest BCUT2D eigenvalue weighted by Crippen LogP contribution is 2.16. The number of pyridine rings is 1. The maximum Gasteiger partial charge on any atom is 0.224 e. The van der Waals surface area contributed by atoms with E-state index in [1.165, 1.54) is 0 Å². The molecule has 21 heavy (non-hydrogen) atoms. The molecule has 4 heteroatoms. The van der Waals surface area contributed by atoms with Crippen molar-refractivity contribution in [2.45, 2.75) is 20.3 Å². The second-order valence-corrected chi connectivity index (χ2v) is 5.62. The first-order valence-electron chi connectivity index (χ1n) is 7.44. The molecule has 0 aliphatic carbocycles. The molecule has 1 atom stereocenters. The molecule has 1 unspecified atom stereocenters. The number of carbonyl (C=O) groups excluding carboxylic acids is 1. The Balaban J connectivity index is 1.98. The molecule has 112 valence electrons. The molecule has 0 bridgehead atoms. The number of hydrogen-bond donors (Lipinski definition) is 2. The number of nitrogens with one attached hydrogen (secondary N) is 1. The Bertz CT molecular complexity index is 605. The molecule has 4 nitrogen and oxygen atoms in total. The molecule has 0 radical (unpaired) electrons. The van der Waals surface area contributed by atoms with E-state index in [1.54, 1.807) is 6.20 Å². The van der Waals surface area contributed by atoms with Gasteiger partial charge in [-0.1, -0.05) is 38.1 Å². The van der Waals surface area contributed by atoms with Crippen LogP contribution in [0.5, 0.6) is 0 Å². The highest BCUT2D eigenvalue weighted by Gasteiger charge is 2.19. The number of amides is 1. The highest BCUT2D eigenvalue weighted by atomic mass is 16.1. The fourth-order valence-corrected chi connectivity index (χ4v) is 2.50. The summed E-state index contributed by atoms with van der Waals surface area (Å²) in [7, 11) is 0. The third kappa shape index (κ3) is 3.79. The molecule has 2 aromatic rings. The van der Waals surface area contributed by atoms with Gasteiger partial charge in [-0.15, -0.1) is 0 Å². The fourth-order valence-electron chi connectivity index (χ4n) is 2.50. The van der Waals surface area contributed by atoms with Crippen LogP contribution in [0.4, 0.5) is 0 Å². The van der Waals surface area contributed by atoms with Crippen LogP contribution in [0.25, 0.3) is 10.9 Å². The van der Waals surface area contributed by atoms with Crippen molar-refractivity contribution in [1.29, 1.82) is 0 Å². The normalized spacial score (nSPS) is 12.6. The van der Waals surface area contributed by atoms with Crippen molar-refractivity contribution in [1.82, 2.24) is 10.3 Å². The lowest BCUT2D eigenvalue weighted by molar-refractivity contribution is -0.125. The Labute approximate surface area is 125 Å². The number of rotatable bonds is 6. The quantitative estimate of drug-likeness (QED) is 0.854. The molecule has 1 heterocycles. The second-order valence-electron chi connectivity index (χ2n) is 5.62.